The van der Waals surface area contributed by atoms with Crippen molar-refractivity contribution in [3.05, 3.63) is 18.3 Å². The summed E-state index contributed by atoms with van der Waals surface area (Å²) in [4.78, 5) is 15.1. The number of aromatic nitrogens is 1. The number of hydrogen-bond donors (Lipinski definition) is 2. The van der Waals surface area contributed by atoms with Gasteiger partial charge in [-0.1, -0.05) is 0 Å². The number of pyridine rings is 1. The minimum absolute atomic E-state index is 0.104. The third-order valence-corrected chi connectivity index (χ3v) is 5.23. The highest BCUT2D eigenvalue weighted by Crippen LogP contribution is 2.45. The maximum absolute atomic E-state index is 11.8. The summed E-state index contributed by atoms with van der Waals surface area (Å²) in [6.45, 7) is 0.301. The van der Waals surface area contributed by atoms with E-state index in [2.05, 4.69) is 10.3 Å². The zero-order valence-electron chi connectivity index (χ0n) is 11.3. The number of carboxylic acids is 1. The van der Waals surface area contributed by atoms with Gasteiger partial charge in [0.2, 0.25) is 10.0 Å². The number of nitrogens with one attached hydrogen (secondary N) is 1. The Morgan fingerprint density at radius 3 is 2.50 bits per heavy atom. The maximum Gasteiger partial charge on any atom is 0.311 e. The Labute approximate surface area is 117 Å². The Hall–Kier alpha value is -1.67. The molecule has 2 N–H and O–H groups in total. The second-order valence-corrected chi connectivity index (χ2v) is 7.26. The highest BCUT2D eigenvalue weighted by molar-refractivity contribution is 7.89. The van der Waals surface area contributed by atoms with Gasteiger partial charge in [0.05, 0.1) is 5.41 Å². The number of sulfonamides is 1. The molecule has 110 valence electrons. The number of aliphatic carboxylic acids is 1. The molecule has 0 unspecified atom stereocenters. The Morgan fingerprint density at radius 1 is 1.45 bits per heavy atom. The van der Waals surface area contributed by atoms with E-state index in [1.54, 1.807) is 0 Å². The van der Waals surface area contributed by atoms with Crippen LogP contribution in [0.2, 0.25) is 0 Å². The molecule has 0 radical (unpaired) electrons. The third-order valence-electron chi connectivity index (χ3n) is 3.43. The second kappa shape index (κ2) is 5.02. The van der Waals surface area contributed by atoms with Crippen molar-refractivity contribution in [2.45, 2.75) is 17.7 Å². The second-order valence-electron chi connectivity index (χ2n) is 5.11. The molecular weight excluding hydrogens is 282 g/mol. The van der Waals surface area contributed by atoms with Crippen molar-refractivity contribution in [2.75, 3.05) is 26.0 Å². The molecule has 2 rings (SSSR count). The predicted octanol–water partition coefficient (Wildman–Crippen LogP) is 0.609. The van der Waals surface area contributed by atoms with E-state index in [-0.39, 0.29) is 4.90 Å². The van der Waals surface area contributed by atoms with Crippen LogP contribution < -0.4 is 5.32 Å². The number of anilines is 1. The van der Waals surface area contributed by atoms with E-state index >= 15 is 0 Å². The van der Waals surface area contributed by atoms with Crippen LogP contribution in [0.15, 0.2) is 23.2 Å². The molecule has 1 fully saturated rings. The van der Waals surface area contributed by atoms with E-state index in [4.69, 9.17) is 5.11 Å². The molecule has 1 aliphatic rings. The monoisotopic (exact) mass is 299 g/mol. The summed E-state index contributed by atoms with van der Waals surface area (Å²) in [6.07, 6.45) is 2.57. The lowest BCUT2D eigenvalue weighted by molar-refractivity contribution is -0.142. The van der Waals surface area contributed by atoms with Gasteiger partial charge in [-0.15, -0.1) is 0 Å². The first-order chi connectivity index (χ1) is 9.28. The van der Waals surface area contributed by atoms with Gasteiger partial charge in [0, 0.05) is 26.8 Å². The molecule has 1 aromatic rings. The summed E-state index contributed by atoms with van der Waals surface area (Å²) in [6, 6.07) is 2.99. The largest absolute Gasteiger partial charge is 0.481 e. The highest BCUT2D eigenvalue weighted by Gasteiger charge is 2.50. The van der Waals surface area contributed by atoms with Crippen LogP contribution in [0.1, 0.15) is 12.8 Å². The van der Waals surface area contributed by atoms with Gasteiger partial charge in [-0.25, -0.2) is 17.7 Å². The van der Waals surface area contributed by atoms with Gasteiger partial charge in [0.25, 0.3) is 0 Å². The van der Waals surface area contributed by atoms with Crippen LogP contribution in [-0.4, -0.2) is 49.4 Å². The quantitative estimate of drug-likeness (QED) is 0.798. The van der Waals surface area contributed by atoms with Crippen LogP contribution >= 0.6 is 0 Å². The van der Waals surface area contributed by atoms with Crippen molar-refractivity contribution in [2.24, 2.45) is 5.41 Å². The van der Waals surface area contributed by atoms with Gasteiger partial charge in [-0.05, 0) is 25.0 Å². The zero-order chi connectivity index (χ0) is 15.0. The van der Waals surface area contributed by atoms with E-state index in [0.717, 1.165) is 4.31 Å². The predicted molar refractivity (Wildman–Crippen MR) is 72.9 cm³/mol. The average Bonchev–Trinajstić information content (AvgIpc) is 3.18. The number of nitrogens with zero attached hydrogens (tertiary/aromatic N) is 2. The Kier molecular flexibility index (Phi) is 3.70. The molecule has 0 aliphatic heterocycles. The maximum atomic E-state index is 11.8. The minimum Gasteiger partial charge on any atom is -0.481 e. The summed E-state index contributed by atoms with van der Waals surface area (Å²) in [5, 5.41) is 12.0. The summed E-state index contributed by atoms with van der Waals surface area (Å²) in [5.41, 5.74) is -0.684. The van der Waals surface area contributed by atoms with Crippen molar-refractivity contribution in [3.8, 4) is 0 Å². The van der Waals surface area contributed by atoms with E-state index in [0.29, 0.717) is 25.2 Å². The fourth-order valence-electron chi connectivity index (χ4n) is 1.73. The summed E-state index contributed by atoms with van der Waals surface area (Å²) in [5.74, 6) is -0.341. The van der Waals surface area contributed by atoms with Gasteiger partial charge in [-0.3, -0.25) is 4.79 Å². The molecule has 1 aliphatic carbocycles. The molecule has 0 atom stereocenters. The normalized spacial score (nSPS) is 16.9. The first-order valence-electron chi connectivity index (χ1n) is 6.14. The molecule has 20 heavy (non-hydrogen) atoms. The third kappa shape index (κ3) is 2.75. The van der Waals surface area contributed by atoms with Crippen LogP contribution in [0.25, 0.3) is 0 Å². The van der Waals surface area contributed by atoms with E-state index in [1.165, 1.54) is 32.4 Å². The van der Waals surface area contributed by atoms with Gasteiger partial charge in [0.15, 0.2) is 0 Å². The number of carbonyl (C=O) groups is 1. The molecule has 7 nitrogen and oxygen atoms in total. The van der Waals surface area contributed by atoms with Gasteiger partial charge < -0.3 is 10.4 Å². The Balaban J connectivity index is 2.05. The number of carboxylic acid groups (broad SMARTS) is 1. The minimum atomic E-state index is -3.49. The fourth-order valence-corrected chi connectivity index (χ4v) is 2.57. The lowest BCUT2D eigenvalue weighted by atomic mass is 10.1. The molecule has 0 amide bonds. The van der Waals surface area contributed by atoms with E-state index in [9.17, 15) is 13.2 Å². The molecule has 1 saturated carbocycles. The SMILES string of the molecule is CN(C)S(=O)(=O)c1ccc(NCC2(C(=O)O)CC2)nc1. The van der Waals surface area contributed by atoms with Crippen LogP contribution in [0.5, 0.6) is 0 Å². The molecule has 1 aromatic heterocycles. The first kappa shape index (κ1) is 14.7. The molecule has 0 saturated heterocycles. The summed E-state index contributed by atoms with van der Waals surface area (Å²) < 4.78 is 24.8. The van der Waals surface area contributed by atoms with E-state index in [1.807, 2.05) is 0 Å². The standard InChI is InChI=1S/C12H17N3O4S/c1-15(2)20(18,19)9-3-4-10(13-7-9)14-8-12(5-6-12)11(16)17/h3-4,7H,5-6,8H2,1-2H3,(H,13,14)(H,16,17). The highest BCUT2D eigenvalue weighted by atomic mass is 32.2. The number of rotatable bonds is 6. The van der Waals surface area contributed by atoms with Crippen LogP contribution in [-0.2, 0) is 14.8 Å². The topological polar surface area (TPSA) is 99.6 Å². The van der Waals surface area contributed by atoms with Crippen molar-refractivity contribution in [3.63, 3.8) is 0 Å². The summed E-state index contributed by atoms with van der Waals surface area (Å²) >= 11 is 0. The molecular formula is C12H17N3O4S. The Morgan fingerprint density at radius 2 is 2.10 bits per heavy atom. The summed E-state index contributed by atoms with van der Waals surface area (Å²) in [7, 11) is -0.590. The molecule has 8 heteroatoms. The fraction of sp³-hybridized carbons (Fsp3) is 0.500. The molecule has 0 bridgehead atoms. The smallest absolute Gasteiger partial charge is 0.311 e. The molecule has 0 aromatic carbocycles. The van der Waals surface area contributed by atoms with Gasteiger partial charge >= 0.3 is 5.97 Å². The molecule has 0 spiro atoms. The lowest BCUT2D eigenvalue weighted by Gasteiger charge is -2.13. The Bertz CT molecular complexity index is 606. The van der Waals surface area contributed by atoms with E-state index < -0.39 is 21.4 Å². The average molecular weight is 299 g/mol. The molecule has 1 heterocycles. The van der Waals surface area contributed by atoms with Gasteiger partial charge in [-0.2, -0.15) is 0 Å². The lowest BCUT2D eigenvalue weighted by Crippen LogP contribution is -2.25. The van der Waals surface area contributed by atoms with Crippen molar-refractivity contribution in [1.82, 2.24) is 9.29 Å². The van der Waals surface area contributed by atoms with Crippen LogP contribution in [0.3, 0.4) is 0 Å². The first-order valence-corrected chi connectivity index (χ1v) is 7.58. The van der Waals surface area contributed by atoms with Crippen molar-refractivity contribution >= 4 is 21.8 Å². The number of hydrogen-bond acceptors (Lipinski definition) is 5. The van der Waals surface area contributed by atoms with Crippen LogP contribution in [0, 0.1) is 5.41 Å². The van der Waals surface area contributed by atoms with Gasteiger partial charge in [0.1, 0.15) is 10.7 Å². The van der Waals surface area contributed by atoms with Crippen LogP contribution in [0.4, 0.5) is 5.82 Å². The zero-order valence-corrected chi connectivity index (χ0v) is 12.1. The van der Waals surface area contributed by atoms with Crippen molar-refractivity contribution in [1.29, 1.82) is 0 Å². The van der Waals surface area contributed by atoms with Crippen molar-refractivity contribution < 1.29 is 18.3 Å².